The van der Waals surface area contributed by atoms with Gasteiger partial charge in [0.25, 0.3) is 0 Å². The summed E-state index contributed by atoms with van der Waals surface area (Å²) in [4.78, 5) is 28.3. The van der Waals surface area contributed by atoms with Gasteiger partial charge in [-0.05, 0) is 49.9 Å². The van der Waals surface area contributed by atoms with Crippen LogP contribution in [-0.4, -0.2) is 50.0 Å². The highest BCUT2D eigenvalue weighted by Gasteiger charge is 2.33. The maximum atomic E-state index is 13.8. The van der Waals surface area contributed by atoms with E-state index in [9.17, 15) is 18.0 Å². The Kier molecular flexibility index (Phi) is 10.9. The fourth-order valence-corrected chi connectivity index (χ4v) is 5.18. The molecule has 11 heteroatoms. The number of sulfonamides is 1. The molecule has 0 aliphatic heterocycles. The van der Waals surface area contributed by atoms with Crippen LogP contribution in [0.1, 0.15) is 44.7 Å². The molecule has 2 aromatic carbocycles. The third-order valence-electron chi connectivity index (χ3n) is 5.93. The second-order valence-electron chi connectivity index (χ2n) is 8.68. The quantitative estimate of drug-likeness (QED) is 0.361. The van der Waals surface area contributed by atoms with Gasteiger partial charge in [-0.15, -0.1) is 0 Å². The Labute approximate surface area is 228 Å². The lowest BCUT2D eigenvalue weighted by Gasteiger charge is -2.34. The van der Waals surface area contributed by atoms with Gasteiger partial charge in [-0.3, -0.25) is 13.9 Å². The lowest BCUT2D eigenvalue weighted by atomic mass is 10.1. The molecule has 0 aliphatic carbocycles. The Morgan fingerprint density at radius 3 is 2.17 bits per heavy atom. The SMILES string of the molecule is CC[C@H](C(=O)N[C@@H](C)CC)N(Cc1ccccc1C)C(=O)CN(c1cc(Cl)c(Cl)cc1Cl)S(C)(=O)=O. The zero-order valence-electron chi connectivity index (χ0n) is 21.0. The van der Waals surface area contributed by atoms with Crippen LogP contribution in [0, 0.1) is 6.92 Å². The summed E-state index contributed by atoms with van der Waals surface area (Å²) < 4.78 is 26.4. The van der Waals surface area contributed by atoms with Crippen molar-refractivity contribution in [3.8, 4) is 0 Å². The lowest BCUT2D eigenvalue weighted by Crippen LogP contribution is -2.53. The van der Waals surface area contributed by atoms with Crippen molar-refractivity contribution in [2.24, 2.45) is 0 Å². The Hall–Kier alpha value is -2.00. The van der Waals surface area contributed by atoms with E-state index in [-0.39, 0.29) is 39.2 Å². The predicted octanol–water partition coefficient (Wildman–Crippen LogP) is 5.44. The number of anilines is 1. The normalized spacial score (nSPS) is 13.1. The fraction of sp³-hybridized carbons (Fsp3) is 0.440. The van der Waals surface area contributed by atoms with Crippen LogP contribution in [0.2, 0.25) is 15.1 Å². The Balaban J connectivity index is 2.52. The summed E-state index contributed by atoms with van der Waals surface area (Å²) in [6, 6.07) is 9.26. The summed E-state index contributed by atoms with van der Waals surface area (Å²) in [5.74, 6) is -0.857. The van der Waals surface area contributed by atoms with Crippen LogP contribution < -0.4 is 9.62 Å². The summed E-state index contributed by atoms with van der Waals surface area (Å²) >= 11 is 18.4. The predicted molar refractivity (Wildman–Crippen MR) is 147 cm³/mol. The molecule has 1 N–H and O–H groups in total. The highest BCUT2D eigenvalue weighted by Crippen LogP contribution is 2.35. The minimum Gasteiger partial charge on any atom is -0.352 e. The second kappa shape index (κ2) is 13.0. The maximum absolute atomic E-state index is 13.8. The number of nitrogens with one attached hydrogen (secondary N) is 1. The van der Waals surface area contributed by atoms with Crippen molar-refractivity contribution in [3.05, 3.63) is 62.6 Å². The number of carbonyl (C=O) groups excluding carboxylic acids is 2. The average Bonchev–Trinajstić information content (AvgIpc) is 2.80. The molecular formula is C25H32Cl3N3O4S. The molecule has 198 valence electrons. The largest absolute Gasteiger partial charge is 0.352 e. The first-order valence-electron chi connectivity index (χ1n) is 11.6. The summed E-state index contributed by atoms with van der Waals surface area (Å²) in [6.45, 7) is 7.11. The number of nitrogens with zero attached hydrogens (tertiary/aromatic N) is 2. The zero-order chi connectivity index (χ0) is 27.2. The first-order valence-corrected chi connectivity index (χ1v) is 14.5. The van der Waals surface area contributed by atoms with Crippen molar-refractivity contribution in [2.75, 3.05) is 17.1 Å². The first-order chi connectivity index (χ1) is 16.8. The molecule has 2 rings (SSSR count). The van der Waals surface area contributed by atoms with E-state index in [1.807, 2.05) is 52.0 Å². The van der Waals surface area contributed by atoms with Crippen LogP contribution >= 0.6 is 34.8 Å². The number of halogens is 3. The molecule has 0 saturated heterocycles. The third-order valence-corrected chi connectivity index (χ3v) is 8.08. The number of rotatable bonds is 11. The van der Waals surface area contributed by atoms with E-state index in [2.05, 4.69) is 5.32 Å². The summed E-state index contributed by atoms with van der Waals surface area (Å²) in [5.41, 5.74) is 1.81. The Morgan fingerprint density at radius 1 is 1.00 bits per heavy atom. The van der Waals surface area contributed by atoms with E-state index < -0.39 is 28.5 Å². The molecule has 0 aliphatic rings. The second-order valence-corrected chi connectivity index (χ2v) is 11.8. The van der Waals surface area contributed by atoms with Gasteiger partial charge < -0.3 is 10.2 Å². The van der Waals surface area contributed by atoms with Crippen LogP contribution in [0.5, 0.6) is 0 Å². The number of hydrogen-bond acceptors (Lipinski definition) is 4. The van der Waals surface area contributed by atoms with Gasteiger partial charge in [0.2, 0.25) is 21.8 Å². The summed E-state index contributed by atoms with van der Waals surface area (Å²) in [5, 5.41) is 3.20. The lowest BCUT2D eigenvalue weighted by molar-refractivity contribution is -0.140. The van der Waals surface area contributed by atoms with Gasteiger partial charge >= 0.3 is 0 Å². The topological polar surface area (TPSA) is 86.8 Å². The molecule has 7 nitrogen and oxygen atoms in total. The van der Waals surface area contributed by atoms with Crippen LogP contribution in [0.25, 0.3) is 0 Å². The van der Waals surface area contributed by atoms with E-state index in [0.29, 0.717) is 6.42 Å². The van der Waals surface area contributed by atoms with Crippen LogP contribution in [0.15, 0.2) is 36.4 Å². The van der Waals surface area contributed by atoms with Crippen LogP contribution in [-0.2, 0) is 26.2 Å². The molecule has 0 saturated carbocycles. The van der Waals surface area contributed by atoms with E-state index in [1.165, 1.54) is 17.0 Å². The molecule has 0 radical (unpaired) electrons. The van der Waals surface area contributed by atoms with Crippen molar-refractivity contribution < 1.29 is 18.0 Å². The van der Waals surface area contributed by atoms with E-state index >= 15 is 0 Å². The molecule has 0 unspecified atom stereocenters. The highest BCUT2D eigenvalue weighted by molar-refractivity contribution is 7.92. The molecule has 2 atom stereocenters. The van der Waals surface area contributed by atoms with E-state index in [1.54, 1.807) is 0 Å². The van der Waals surface area contributed by atoms with E-state index in [4.69, 9.17) is 34.8 Å². The number of aryl methyl sites for hydroxylation is 1. The van der Waals surface area contributed by atoms with Gasteiger partial charge in [0.15, 0.2) is 0 Å². The van der Waals surface area contributed by atoms with Gasteiger partial charge in [0, 0.05) is 12.6 Å². The van der Waals surface area contributed by atoms with Crippen molar-refractivity contribution in [3.63, 3.8) is 0 Å². The standard InChI is InChI=1S/C25H32Cl3N3O4S/c1-6-17(4)29-25(33)22(7-2)30(14-18-11-9-8-10-16(18)3)24(32)15-31(36(5,34)35)23-13-20(27)19(26)12-21(23)28/h8-13,17,22H,6-7,14-15H2,1-5H3,(H,29,33)/t17-,22+/m0/s1. The third kappa shape index (κ3) is 7.75. The molecule has 0 fully saturated rings. The Bertz CT molecular complexity index is 1210. The Morgan fingerprint density at radius 2 is 1.61 bits per heavy atom. The molecule has 2 amide bonds. The number of hydrogen-bond donors (Lipinski definition) is 1. The van der Waals surface area contributed by atoms with Gasteiger partial charge in [-0.2, -0.15) is 0 Å². The fourth-order valence-electron chi connectivity index (χ4n) is 3.63. The number of benzene rings is 2. The molecule has 0 spiro atoms. The molecule has 0 bridgehead atoms. The highest BCUT2D eigenvalue weighted by atomic mass is 35.5. The molecule has 0 aromatic heterocycles. The van der Waals surface area contributed by atoms with Crippen molar-refractivity contribution >= 4 is 62.3 Å². The van der Waals surface area contributed by atoms with Crippen LogP contribution in [0.3, 0.4) is 0 Å². The first kappa shape index (κ1) is 30.2. The molecule has 0 heterocycles. The summed E-state index contributed by atoms with van der Waals surface area (Å²) in [6.07, 6.45) is 2.04. The van der Waals surface area contributed by atoms with Crippen molar-refractivity contribution in [1.29, 1.82) is 0 Å². The summed E-state index contributed by atoms with van der Waals surface area (Å²) in [7, 11) is -3.96. The number of amides is 2. The monoisotopic (exact) mass is 575 g/mol. The van der Waals surface area contributed by atoms with Gasteiger partial charge in [0.1, 0.15) is 12.6 Å². The molecule has 2 aromatic rings. The molecular weight excluding hydrogens is 545 g/mol. The van der Waals surface area contributed by atoms with E-state index in [0.717, 1.165) is 28.1 Å². The molecule has 36 heavy (non-hydrogen) atoms. The van der Waals surface area contributed by atoms with Crippen molar-refractivity contribution in [2.45, 2.75) is 59.2 Å². The van der Waals surface area contributed by atoms with Gasteiger partial charge in [-0.1, -0.05) is 72.9 Å². The van der Waals surface area contributed by atoms with Crippen molar-refractivity contribution in [1.82, 2.24) is 10.2 Å². The minimum atomic E-state index is -3.96. The van der Waals surface area contributed by atoms with Crippen LogP contribution in [0.4, 0.5) is 5.69 Å². The number of carbonyl (C=O) groups is 2. The average molecular weight is 577 g/mol. The minimum absolute atomic E-state index is 0.0228. The maximum Gasteiger partial charge on any atom is 0.244 e. The zero-order valence-corrected chi connectivity index (χ0v) is 24.1. The van der Waals surface area contributed by atoms with Gasteiger partial charge in [0.05, 0.1) is 27.0 Å². The smallest absolute Gasteiger partial charge is 0.244 e. The van der Waals surface area contributed by atoms with Gasteiger partial charge in [-0.25, -0.2) is 8.42 Å².